The van der Waals surface area contributed by atoms with E-state index in [0.29, 0.717) is 19.0 Å². The number of nitrogens with zero attached hydrogens (tertiary/aromatic N) is 1. The predicted octanol–water partition coefficient (Wildman–Crippen LogP) is 4.66. The molecule has 1 N–H and O–H groups in total. The molecule has 0 radical (unpaired) electrons. The summed E-state index contributed by atoms with van der Waals surface area (Å²) in [6.45, 7) is 4.12. The van der Waals surface area contributed by atoms with Gasteiger partial charge in [0.25, 0.3) is 0 Å². The highest BCUT2D eigenvalue weighted by Gasteiger charge is 2.22. The third-order valence-corrected chi connectivity index (χ3v) is 5.56. The Hall–Kier alpha value is -1.36. The predicted molar refractivity (Wildman–Crippen MR) is 101 cm³/mol. The lowest BCUT2D eigenvalue weighted by molar-refractivity contribution is -0.131. The van der Waals surface area contributed by atoms with Crippen molar-refractivity contribution in [3.63, 3.8) is 0 Å². The zero-order chi connectivity index (χ0) is 17.5. The molecule has 1 aliphatic carbocycles. The molecule has 0 aliphatic heterocycles. The maximum atomic E-state index is 12.2. The quantitative estimate of drug-likeness (QED) is 0.738. The highest BCUT2D eigenvalue weighted by atomic mass is 79.9. The van der Waals surface area contributed by atoms with Crippen molar-refractivity contribution in [1.29, 1.82) is 0 Å². The summed E-state index contributed by atoms with van der Waals surface area (Å²) in [7, 11) is 0. The summed E-state index contributed by atoms with van der Waals surface area (Å²) in [4.78, 5) is 26.1. The molecule has 24 heavy (non-hydrogen) atoms. The number of rotatable bonds is 5. The van der Waals surface area contributed by atoms with Gasteiger partial charge in [-0.25, -0.2) is 0 Å². The molecule has 2 rings (SSSR count). The molecule has 0 saturated heterocycles. The fourth-order valence-corrected chi connectivity index (χ4v) is 3.66. The summed E-state index contributed by atoms with van der Waals surface area (Å²) >= 11 is 3.47. The van der Waals surface area contributed by atoms with Gasteiger partial charge < -0.3 is 10.2 Å². The minimum absolute atomic E-state index is 0.0503. The molecule has 2 amide bonds. The Morgan fingerprint density at radius 2 is 1.88 bits per heavy atom. The van der Waals surface area contributed by atoms with Crippen LogP contribution < -0.4 is 5.32 Å². The van der Waals surface area contributed by atoms with Gasteiger partial charge in [-0.2, -0.15) is 0 Å². The van der Waals surface area contributed by atoms with Crippen LogP contribution in [0.3, 0.4) is 0 Å². The Balaban J connectivity index is 1.89. The number of carbonyl (C=O) groups excluding carboxylic acids is 2. The normalized spacial score (nSPS) is 15.6. The number of halogens is 1. The smallest absolute Gasteiger partial charge is 0.226 e. The average molecular weight is 395 g/mol. The van der Waals surface area contributed by atoms with Crippen molar-refractivity contribution in [2.75, 3.05) is 11.9 Å². The van der Waals surface area contributed by atoms with E-state index in [0.717, 1.165) is 28.6 Å². The van der Waals surface area contributed by atoms with E-state index < -0.39 is 0 Å². The summed E-state index contributed by atoms with van der Waals surface area (Å²) in [5.41, 5.74) is 1.91. The second-order valence-electron chi connectivity index (χ2n) is 6.62. The second-order valence-corrected chi connectivity index (χ2v) is 7.47. The van der Waals surface area contributed by atoms with Crippen LogP contribution in [0.15, 0.2) is 22.7 Å². The number of aryl methyl sites for hydroxylation is 1. The Morgan fingerprint density at radius 3 is 2.46 bits per heavy atom. The lowest BCUT2D eigenvalue weighted by atomic mass is 10.1. The fraction of sp³-hybridized carbons (Fsp3) is 0.579. The lowest BCUT2D eigenvalue weighted by Gasteiger charge is -2.30. The monoisotopic (exact) mass is 394 g/mol. The van der Waals surface area contributed by atoms with Gasteiger partial charge in [-0.1, -0.05) is 47.7 Å². The van der Waals surface area contributed by atoms with Crippen molar-refractivity contribution in [2.24, 2.45) is 0 Å². The molecule has 4 nitrogen and oxygen atoms in total. The minimum atomic E-state index is -0.0503. The van der Waals surface area contributed by atoms with E-state index in [1.807, 2.05) is 30.0 Å². The van der Waals surface area contributed by atoms with Crippen LogP contribution in [-0.2, 0) is 9.59 Å². The van der Waals surface area contributed by atoms with Gasteiger partial charge in [0.05, 0.1) is 0 Å². The first kappa shape index (κ1) is 19.0. The van der Waals surface area contributed by atoms with E-state index in [1.165, 1.54) is 25.7 Å². The molecular formula is C19H27BrN2O2. The van der Waals surface area contributed by atoms with E-state index in [2.05, 4.69) is 21.2 Å². The van der Waals surface area contributed by atoms with E-state index in [1.54, 1.807) is 6.92 Å². The summed E-state index contributed by atoms with van der Waals surface area (Å²) in [5.74, 6) is 0.0263. The molecule has 1 aromatic carbocycles. The van der Waals surface area contributed by atoms with Gasteiger partial charge in [-0.3, -0.25) is 9.59 Å². The van der Waals surface area contributed by atoms with Crippen LogP contribution in [0.25, 0.3) is 0 Å². The maximum Gasteiger partial charge on any atom is 0.226 e. The summed E-state index contributed by atoms with van der Waals surface area (Å²) in [5, 5.41) is 2.91. The maximum absolute atomic E-state index is 12.2. The minimum Gasteiger partial charge on any atom is -0.339 e. The fourth-order valence-electron chi connectivity index (χ4n) is 3.28. The van der Waals surface area contributed by atoms with E-state index in [9.17, 15) is 9.59 Å². The van der Waals surface area contributed by atoms with Crippen molar-refractivity contribution in [3.8, 4) is 0 Å². The zero-order valence-electron chi connectivity index (χ0n) is 14.6. The SMILES string of the molecule is CC(=O)N(CCC(=O)Nc1ccc(C)c(Br)c1)C1CCCCCC1. The molecule has 1 aliphatic rings. The number of benzene rings is 1. The zero-order valence-corrected chi connectivity index (χ0v) is 16.2. The molecule has 5 heteroatoms. The number of carbonyl (C=O) groups is 2. The van der Waals surface area contributed by atoms with Gasteiger partial charge in [0.2, 0.25) is 11.8 Å². The molecule has 0 unspecified atom stereocenters. The number of nitrogens with one attached hydrogen (secondary N) is 1. The average Bonchev–Trinajstić information content (AvgIpc) is 2.80. The third-order valence-electron chi connectivity index (χ3n) is 4.71. The first-order chi connectivity index (χ1) is 11.5. The first-order valence-electron chi connectivity index (χ1n) is 8.80. The van der Waals surface area contributed by atoms with Gasteiger partial charge in [0, 0.05) is 36.1 Å². The van der Waals surface area contributed by atoms with Crippen LogP contribution in [0.5, 0.6) is 0 Å². The van der Waals surface area contributed by atoms with Gasteiger partial charge in [0.15, 0.2) is 0 Å². The summed E-state index contributed by atoms with van der Waals surface area (Å²) in [6.07, 6.45) is 7.33. The Morgan fingerprint density at radius 1 is 1.21 bits per heavy atom. The number of amides is 2. The largest absolute Gasteiger partial charge is 0.339 e. The lowest BCUT2D eigenvalue weighted by Crippen LogP contribution is -2.40. The molecule has 0 aromatic heterocycles. The van der Waals surface area contributed by atoms with Crippen LogP contribution in [0.1, 0.15) is 57.4 Å². The van der Waals surface area contributed by atoms with E-state index in [-0.39, 0.29) is 11.8 Å². The van der Waals surface area contributed by atoms with Crippen LogP contribution in [0.2, 0.25) is 0 Å². The van der Waals surface area contributed by atoms with Crippen molar-refractivity contribution in [2.45, 2.75) is 64.8 Å². The van der Waals surface area contributed by atoms with Crippen molar-refractivity contribution in [3.05, 3.63) is 28.2 Å². The third kappa shape index (κ3) is 5.62. The number of hydrogen-bond acceptors (Lipinski definition) is 2. The van der Waals surface area contributed by atoms with E-state index >= 15 is 0 Å². The highest BCUT2D eigenvalue weighted by Crippen LogP contribution is 2.23. The van der Waals surface area contributed by atoms with Gasteiger partial charge in [0.1, 0.15) is 0 Å². The van der Waals surface area contributed by atoms with Gasteiger partial charge >= 0.3 is 0 Å². The van der Waals surface area contributed by atoms with Crippen LogP contribution >= 0.6 is 15.9 Å². The molecule has 132 valence electrons. The standard InChI is InChI=1S/C19H27BrN2O2/c1-14-9-10-16(13-18(14)20)21-19(24)11-12-22(15(2)23)17-7-5-3-4-6-8-17/h9-10,13,17H,3-8,11-12H2,1-2H3,(H,21,24). The molecular weight excluding hydrogens is 368 g/mol. The topological polar surface area (TPSA) is 49.4 Å². The van der Waals surface area contributed by atoms with E-state index in [4.69, 9.17) is 0 Å². The molecule has 0 spiro atoms. The van der Waals surface area contributed by atoms with Gasteiger partial charge in [-0.15, -0.1) is 0 Å². The molecule has 0 heterocycles. The van der Waals surface area contributed by atoms with Crippen LogP contribution in [0.4, 0.5) is 5.69 Å². The number of hydrogen-bond donors (Lipinski definition) is 1. The number of anilines is 1. The Bertz CT molecular complexity index is 581. The van der Waals surface area contributed by atoms with Crippen molar-refractivity contribution >= 4 is 33.4 Å². The molecule has 1 fully saturated rings. The summed E-state index contributed by atoms with van der Waals surface area (Å²) in [6, 6.07) is 6.06. The summed E-state index contributed by atoms with van der Waals surface area (Å²) < 4.78 is 0.976. The molecule has 1 aromatic rings. The van der Waals surface area contributed by atoms with Crippen molar-refractivity contribution in [1.82, 2.24) is 4.90 Å². The first-order valence-corrected chi connectivity index (χ1v) is 9.60. The Kier molecular flexibility index (Phi) is 7.28. The Labute approximate surface area is 153 Å². The van der Waals surface area contributed by atoms with Crippen LogP contribution in [0, 0.1) is 6.92 Å². The molecule has 0 atom stereocenters. The van der Waals surface area contributed by atoms with Gasteiger partial charge in [-0.05, 0) is 37.5 Å². The highest BCUT2D eigenvalue weighted by molar-refractivity contribution is 9.10. The second kappa shape index (κ2) is 9.21. The molecule has 1 saturated carbocycles. The van der Waals surface area contributed by atoms with Crippen LogP contribution in [-0.4, -0.2) is 29.3 Å². The van der Waals surface area contributed by atoms with Crippen molar-refractivity contribution < 1.29 is 9.59 Å². The molecule has 0 bridgehead atoms.